The highest BCUT2D eigenvalue weighted by Gasteiger charge is 2.28. The Bertz CT molecular complexity index is 818. The van der Waals surface area contributed by atoms with Crippen LogP contribution in [0.4, 0.5) is 11.8 Å². The van der Waals surface area contributed by atoms with Crippen molar-refractivity contribution in [3.8, 4) is 11.3 Å². The van der Waals surface area contributed by atoms with Gasteiger partial charge in [0.05, 0.1) is 18.3 Å². The van der Waals surface area contributed by atoms with E-state index >= 15 is 0 Å². The molecule has 0 spiro atoms. The zero-order valence-corrected chi connectivity index (χ0v) is 15.3. The fraction of sp³-hybridized carbons (Fsp3) is 0.450. The lowest BCUT2D eigenvalue weighted by molar-refractivity contribution is 0.0677. The van der Waals surface area contributed by atoms with E-state index in [9.17, 15) is 9.90 Å². The molecular weight excluding hydrogens is 342 g/mol. The van der Waals surface area contributed by atoms with E-state index in [1.165, 1.54) is 0 Å². The van der Waals surface area contributed by atoms with Gasteiger partial charge in [-0.2, -0.15) is 4.98 Å². The number of benzene rings is 1. The van der Waals surface area contributed by atoms with Gasteiger partial charge >= 0.3 is 0 Å². The van der Waals surface area contributed by atoms with Crippen molar-refractivity contribution < 1.29 is 9.90 Å². The molecule has 142 valence electrons. The highest BCUT2D eigenvalue weighted by Crippen LogP contribution is 2.25. The van der Waals surface area contributed by atoms with Crippen LogP contribution in [0, 0.1) is 0 Å². The number of aromatic nitrogens is 2. The number of nitrogens with two attached hydrogens (primary N) is 1. The number of likely N-dealkylation sites (tertiary alicyclic amines) is 1. The smallest absolute Gasteiger partial charge is 0.254 e. The largest absolute Gasteiger partial charge is 0.394 e. The summed E-state index contributed by atoms with van der Waals surface area (Å²) >= 11 is 0. The van der Waals surface area contributed by atoms with Gasteiger partial charge in [0.2, 0.25) is 5.95 Å². The Morgan fingerprint density at radius 1 is 1.11 bits per heavy atom. The van der Waals surface area contributed by atoms with Gasteiger partial charge < -0.3 is 20.6 Å². The summed E-state index contributed by atoms with van der Waals surface area (Å²) in [6.45, 7) is 2.63. The molecular formula is C20H25N5O2. The van der Waals surface area contributed by atoms with Crippen molar-refractivity contribution >= 4 is 17.7 Å². The zero-order chi connectivity index (χ0) is 18.8. The van der Waals surface area contributed by atoms with Gasteiger partial charge in [-0.3, -0.25) is 4.79 Å². The first kappa shape index (κ1) is 17.7. The SMILES string of the molecule is Nc1cc(-c2ccc(C(=O)N3CCCC3CO)cc2)nc(N2CCCC2)n1. The van der Waals surface area contributed by atoms with Crippen LogP contribution in [0.15, 0.2) is 30.3 Å². The molecule has 2 fully saturated rings. The first-order valence-corrected chi connectivity index (χ1v) is 9.57. The van der Waals surface area contributed by atoms with Gasteiger partial charge in [-0.05, 0) is 37.8 Å². The van der Waals surface area contributed by atoms with E-state index in [1.807, 2.05) is 24.3 Å². The Labute approximate surface area is 158 Å². The third kappa shape index (κ3) is 3.60. The van der Waals surface area contributed by atoms with Crippen LogP contribution in [0.25, 0.3) is 11.3 Å². The number of hydrogen-bond donors (Lipinski definition) is 2. The van der Waals surface area contributed by atoms with Crippen molar-refractivity contribution in [1.29, 1.82) is 0 Å². The van der Waals surface area contributed by atoms with Crippen LogP contribution in [0.1, 0.15) is 36.0 Å². The summed E-state index contributed by atoms with van der Waals surface area (Å²) < 4.78 is 0. The van der Waals surface area contributed by atoms with Crippen LogP contribution in [-0.2, 0) is 0 Å². The zero-order valence-electron chi connectivity index (χ0n) is 15.3. The highest BCUT2D eigenvalue weighted by atomic mass is 16.3. The minimum absolute atomic E-state index is 0.0172. The Morgan fingerprint density at radius 3 is 2.56 bits per heavy atom. The molecule has 4 rings (SSSR count). The Kier molecular flexibility index (Phi) is 4.94. The van der Waals surface area contributed by atoms with E-state index in [0.717, 1.165) is 50.0 Å². The van der Waals surface area contributed by atoms with Gasteiger partial charge in [0.25, 0.3) is 5.91 Å². The number of anilines is 2. The summed E-state index contributed by atoms with van der Waals surface area (Å²) in [7, 11) is 0. The van der Waals surface area contributed by atoms with Crippen molar-refractivity contribution in [3.05, 3.63) is 35.9 Å². The van der Waals surface area contributed by atoms with E-state index in [0.29, 0.717) is 23.9 Å². The lowest BCUT2D eigenvalue weighted by Gasteiger charge is -2.23. The van der Waals surface area contributed by atoms with E-state index in [2.05, 4.69) is 14.9 Å². The summed E-state index contributed by atoms with van der Waals surface area (Å²) in [6, 6.07) is 9.12. The molecule has 2 aliphatic rings. The van der Waals surface area contributed by atoms with Crippen molar-refractivity contribution in [1.82, 2.24) is 14.9 Å². The number of rotatable bonds is 4. The van der Waals surface area contributed by atoms with Crippen molar-refractivity contribution in [2.45, 2.75) is 31.7 Å². The summed E-state index contributed by atoms with van der Waals surface area (Å²) in [5.41, 5.74) is 8.29. The highest BCUT2D eigenvalue weighted by molar-refractivity contribution is 5.95. The van der Waals surface area contributed by atoms with E-state index in [1.54, 1.807) is 11.0 Å². The molecule has 2 saturated heterocycles. The van der Waals surface area contributed by atoms with E-state index < -0.39 is 0 Å². The van der Waals surface area contributed by atoms with Gasteiger partial charge in [-0.1, -0.05) is 12.1 Å². The summed E-state index contributed by atoms with van der Waals surface area (Å²) in [5.74, 6) is 1.09. The average Bonchev–Trinajstić information content (AvgIpc) is 3.38. The van der Waals surface area contributed by atoms with E-state index in [4.69, 9.17) is 5.73 Å². The number of aliphatic hydroxyl groups excluding tert-OH is 1. The second-order valence-corrected chi connectivity index (χ2v) is 7.23. The van der Waals surface area contributed by atoms with Crippen molar-refractivity contribution in [2.75, 3.05) is 36.9 Å². The van der Waals surface area contributed by atoms with E-state index in [-0.39, 0.29) is 18.6 Å². The number of carbonyl (C=O) groups excluding carboxylic acids is 1. The quantitative estimate of drug-likeness (QED) is 0.857. The molecule has 3 N–H and O–H groups in total. The van der Waals surface area contributed by atoms with Crippen molar-refractivity contribution in [3.63, 3.8) is 0 Å². The predicted molar refractivity (Wildman–Crippen MR) is 104 cm³/mol. The van der Waals surface area contributed by atoms with Gasteiger partial charge in [0, 0.05) is 36.8 Å². The van der Waals surface area contributed by atoms with Crippen LogP contribution in [0.3, 0.4) is 0 Å². The summed E-state index contributed by atoms with van der Waals surface area (Å²) in [4.78, 5) is 25.7. The second kappa shape index (κ2) is 7.52. The molecule has 2 aliphatic heterocycles. The molecule has 0 saturated carbocycles. The molecule has 1 aromatic heterocycles. The molecule has 1 aromatic carbocycles. The Morgan fingerprint density at radius 2 is 1.85 bits per heavy atom. The number of carbonyl (C=O) groups is 1. The predicted octanol–water partition coefficient (Wildman–Crippen LogP) is 1.92. The minimum atomic E-state index is -0.0677. The number of aliphatic hydroxyl groups is 1. The molecule has 1 atom stereocenters. The van der Waals surface area contributed by atoms with Crippen LogP contribution in [0.5, 0.6) is 0 Å². The topological polar surface area (TPSA) is 95.6 Å². The third-order valence-corrected chi connectivity index (χ3v) is 5.40. The molecule has 0 aliphatic carbocycles. The molecule has 0 bridgehead atoms. The molecule has 3 heterocycles. The molecule has 0 radical (unpaired) electrons. The maximum Gasteiger partial charge on any atom is 0.254 e. The number of nitrogen functional groups attached to an aromatic ring is 1. The fourth-order valence-corrected chi connectivity index (χ4v) is 3.90. The summed E-state index contributed by atoms with van der Waals surface area (Å²) in [5, 5.41) is 9.44. The lowest BCUT2D eigenvalue weighted by Crippen LogP contribution is -2.37. The Balaban J connectivity index is 1.56. The first-order chi connectivity index (χ1) is 13.2. The van der Waals surface area contributed by atoms with Crippen LogP contribution in [0.2, 0.25) is 0 Å². The van der Waals surface area contributed by atoms with Gasteiger partial charge in [0.15, 0.2) is 0 Å². The summed E-state index contributed by atoms with van der Waals surface area (Å²) in [6.07, 6.45) is 4.10. The monoisotopic (exact) mass is 367 g/mol. The molecule has 1 unspecified atom stereocenters. The second-order valence-electron chi connectivity index (χ2n) is 7.23. The van der Waals surface area contributed by atoms with Crippen LogP contribution in [-0.4, -0.2) is 58.2 Å². The molecule has 2 aromatic rings. The molecule has 1 amide bonds. The standard InChI is InChI=1S/C20H25N5O2/c21-18-12-17(22-20(23-18)24-9-1-2-10-24)14-5-7-15(8-6-14)19(27)25-11-3-4-16(25)13-26/h5-8,12,16,26H,1-4,9-11,13H2,(H2,21,22,23). The Hall–Kier alpha value is -2.67. The van der Waals surface area contributed by atoms with Gasteiger partial charge in [-0.25, -0.2) is 4.98 Å². The van der Waals surface area contributed by atoms with Gasteiger partial charge in [-0.15, -0.1) is 0 Å². The lowest BCUT2D eigenvalue weighted by atomic mass is 10.1. The third-order valence-electron chi connectivity index (χ3n) is 5.40. The first-order valence-electron chi connectivity index (χ1n) is 9.57. The average molecular weight is 367 g/mol. The number of hydrogen-bond acceptors (Lipinski definition) is 6. The number of amides is 1. The maximum atomic E-state index is 12.7. The molecule has 27 heavy (non-hydrogen) atoms. The van der Waals surface area contributed by atoms with Gasteiger partial charge in [0.1, 0.15) is 5.82 Å². The minimum Gasteiger partial charge on any atom is -0.394 e. The molecule has 7 nitrogen and oxygen atoms in total. The fourth-order valence-electron chi connectivity index (χ4n) is 3.90. The van der Waals surface area contributed by atoms with Crippen molar-refractivity contribution in [2.24, 2.45) is 0 Å². The normalized spacial score (nSPS) is 19.7. The van der Waals surface area contributed by atoms with Crippen LogP contribution >= 0.6 is 0 Å². The molecule has 7 heteroatoms. The maximum absolute atomic E-state index is 12.7. The number of nitrogens with zero attached hydrogens (tertiary/aromatic N) is 4. The van der Waals surface area contributed by atoms with Crippen LogP contribution < -0.4 is 10.6 Å².